The van der Waals surface area contributed by atoms with E-state index in [0.717, 1.165) is 24.5 Å². The van der Waals surface area contributed by atoms with Crippen molar-refractivity contribution in [3.8, 4) is 0 Å². The Morgan fingerprint density at radius 3 is 2.52 bits per heavy atom. The third-order valence-electron chi connectivity index (χ3n) is 4.32. The number of hydrogen-bond acceptors (Lipinski definition) is 5. The van der Waals surface area contributed by atoms with E-state index in [1.165, 1.54) is 17.7 Å². The van der Waals surface area contributed by atoms with Crippen LogP contribution in [0.5, 0.6) is 0 Å². The molecule has 0 fully saturated rings. The molecule has 1 aliphatic rings. The zero-order valence-electron chi connectivity index (χ0n) is 12.5. The quantitative estimate of drug-likeness (QED) is 0.635. The fourth-order valence-electron chi connectivity index (χ4n) is 3.17. The second-order valence-electron chi connectivity index (χ2n) is 5.55. The molecular weight excluding hydrogens is 298 g/mol. The van der Waals surface area contributed by atoms with Crippen molar-refractivity contribution in [1.29, 1.82) is 0 Å². The number of aryl methyl sites for hydroxylation is 1. The maximum absolute atomic E-state index is 11.3. The average molecular weight is 313 g/mol. The smallest absolute Gasteiger partial charge is 0.299 e. The highest BCUT2D eigenvalue weighted by Gasteiger charge is 2.30. The zero-order valence-corrected chi connectivity index (χ0v) is 12.5. The fourth-order valence-corrected chi connectivity index (χ4v) is 3.17. The Kier molecular flexibility index (Phi) is 3.69. The van der Waals surface area contributed by atoms with Crippen molar-refractivity contribution >= 4 is 17.1 Å². The van der Waals surface area contributed by atoms with E-state index in [-0.39, 0.29) is 17.4 Å². The van der Waals surface area contributed by atoms with Crippen molar-refractivity contribution in [2.24, 2.45) is 0 Å². The van der Waals surface area contributed by atoms with E-state index in [1.54, 1.807) is 7.05 Å². The van der Waals surface area contributed by atoms with Crippen molar-refractivity contribution in [3.05, 3.63) is 73.8 Å². The van der Waals surface area contributed by atoms with Gasteiger partial charge < -0.3 is 4.90 Å². The van der Waals surface area contributed by atoms with Gasteiger partial charge in [-0.05, 0) is 30.0 Å². The van der Waals surface area contributed by atoms with Crippen molar-refractivity contribution in [3.63, 3.8) is 0 Å². The Hall–Kier alpha value is -2.96. The molecule has 0 N–H and O–H groups in total. The SMILES string of the molecule is CN(c1ccc([N+](=O)[O-])cc1[N+](=O)[O-])C1CCc2ccccc21. The predicted octanol–water partition coefficient (Wildman–Crippen LogP) is 3.63. The molecule has 0 radical (unpaired) electrons. The number of hydrogen-bond donors (Lipinski definition) is 0. The van der Waals surface area contributed by atoms with Crippen LogP contribution in [0, 0.1) is 20.2 Å². The minimum atomic E-state index is -0.623. The van der Waals surface area contributed by atoms with Gasteiger partial charge in [0, 0.05) is 13.1 Å². The number of nitro groups is 2. The Morgan fingerprint density at radius 2 is 1.83 bits per heavy atom. The van der Waals surface area contributed by atoms with Gasteiger partial charge in [0.05, 0.1) is 22.0 Å². The summed E-state index contributed by atoms with van der Waals surface area (Å²) < 4.78 is 0. The standard InChI is InChI=1S/C16H15N3O4/c1-17(14-8-6-11-4-2-3-5-13(11)14)15-9-7-12(18(20)21)10-16(15)19(22)23/h2-5,7,9-10,14H,6,8H2,1H3. The van der Waals surface area contributed by atoms with Crippen molar-refractivity contribution in [2.45, 2.75) is 18.9 Å². The summed E-state index contributed by atoms with van der Waals surface area (Å²) in [7, 11) is 1.79. The number of rotatable bonds is 4. The van der Waals surface area contributed by atoms with Gasteiger partial charge in [-0.1, -0.05) is 24.3 Å². The predicted molar refractivity (Wildman–Crippen MR) is 85.7 cm³/mol. The van der Waals surface area contributed by atoms with E-state index in [1.807, 2.05) is 23.1 Å². The van der Waals surface area contributed by atoms with Crippen LogP contribution < -0.4 is 4.90 Å². The first-order valence-electron chi connectivity index (χ1n) is 7.22. The Labute approximate surface area is 132 Å². The fraction of sp³-hybridized carbons (Fsp3) is 0.250. The Balaban J connectivity index is 2.02. The third kappa shape index (κ3) is 2.61. The maximum atomic E-state index is 11.3. The summed E-state index contributed by atoms with van der Waals surface area (Å²) >= 11 is 0. The molecule has 0 aromatic heterocycles. The van der Waals surface area contributed by atoms with Gasteiger partial charge in [-0.3, -0.25) is 20.2 Å². The second-order valence-corrected chi connectivity index (χ2v) is 5.55. The Bertz CT molecular complexity index is 791. The molecule has 0 saturated heterocycles. The van der Waals surface area contributed by atoms with Gasteiger partial charge >= 0.3 is 0 Å². The van der Waals surface area contributed by atoms with Crippen LogP contribution in [-0.2, 0) is 6.42 Å². The lowest BCUT2D eigenvalue weighted by atomic mass is 10.1. The number of nitrogens with zero attached hydrogens (tertiary/aromatic N) is 3. The average Bonchev–Trinajstić information content (AvgIpc) is 2.97. The van der Waals surface area contributed by atoms with Crippen LogP contribution in [0.15, 0.2) is 42.5 Å². The van der Waals surface area contributed by atoms with Crippen molar-refractivity contribution in [2.75, 3.05) is 11.9 Å². The van der Waals surface area contributed by atoms with Gasteiger partial charge in [0.25, 0.3) is 11.4 Å². The molecule has 0 bridgehead atoms. The first kappa shape index (κ1) is 15.0. The van der Waals surface area contributed by atoms with Crippen molar-refractivity contribution in [1.82, 2.24) is 0 Å². The molecule has 1 unspecified atom stereocenters. The van der Waals surface area contributed by atoms with E-state index in [9.17, 15) is 20.2 Å². The molecule has 1 atom stereocenters. The molecule has 1 aliphatic carbocycles. The molecule has 0 spiro atoms. The first-order valence-corrected chi connectivity index (χ1v) is 7.22. The molecule has 118 valence electrons. The minimum Gasteiger partial charge on any atom is -0.362 e. The van der Waals surface area contributed by atoms with E-state index in [4.69, 9.17) is 0 Å². The van der Waals surface area contributed by atoms with Gasteiger partial charge in [-0.15, -0.1) is 0 Å². The largest absolute Gasteiger partial charge is 0.362 e. The van der Waals surface area contributed by atoms with Crippen LogP contribution in [0.2, 0.25) is 0 Å². The number of anilines is 1. The lowest BCUT2D eigenvalue weighted by Gasteiger charge is -2.27. The Morgan fingerprint density at radius 1 is 1.09 bits per heavy atom. The van der Waals surface area contributed by atoms with E-state index in [0.29, 0.717) is 5.69 Å². The third-order valence-corrected chi connectivity index (χ3v) is 4.32. The van der Waals surface area contributed by atoms with Gasteiger partial charge in [0.2, 0.25) is 0 Å². The summed E-state index contributed by atoms with van der Waals surface area (Å²) in [4.78, 5) is 22.8. The summed E-state index contributed by atoms with van der Waals surface area (Å²) in [5, 5.41) is 22.2. The van der Waals surface area contributed by atoms with Gasteiger partial charge in [-0.25, -0.2) is 0 Å². The maximum Gasteiger partial charge on any atom is 0.299 e. The molecule has 7 heteroatoms. The monoisotopic (exact) mass is 313 g/mol. The number of fused-ring (bicyclic) bond motifs is 1. The van der Waals surface area contributed by atoms with E-state index < -0.39 is 9.85 Å². The summed E-state index contributed by atoms with van der Waals surface area (Å²) in [6, 6.07) is 11.8. The lowest BCUT2D eigenvalue weighted by molar-refractivity contribution is -0.393. The molecule has 7 nitrogen and oxygen atoms in total. The second kappa shape index (κ2) is 5.68. The summed E-state index contributed by atoms with van der Waals surface area (Å²) in [6.07, 6.45) is 1.79. The topological polar surface area (TPSA) is 89.5 Å². The van der Waals surface area contributed by atoms with Crippen molar-refractivity contribution < 1.29 is 9.85 Å². The molecule has 2 aromatic rings. The number of benzene rings is 2. The zero-order chi connectivity index (χ0) is 16.6. The first-order chi connectivity index (χ1) is 11.0. The number of nitro benzene ring substituents is 2. The van der Waals surface area contributed by atoms with E-state index in [2.05, 4.69) is 6.07 Å². The van der Waals surface area contributed by atoms with Crippen LogP contribution >= 0.6 is 0 Å². The highest BCUT2D eigenvalue weighted by atomic mass is 16.6. The van der Waals surface area contributed by atoms with Crippen LogP contribution in [-0.4, -0.2) is 16.9 Å². The van der Waals surface area contributed by atoms with Gasteiger partial charge in [-0.2, -0.15) is 0 Å². The molecule has 2 aromatic carbocycles. The van der Waals surface area contributed by atoms with E-state index >= 15 is 0 Å². The summed E-state index contributed by atoms with van der Waals surface area (Å²) in [5.41, 5.74) is 2.27. The van der Waals surface area contributed by atoms with Gasteiger partial charge in [0.1, 0.15) is 5.69 Å². The molecule has 0 heterocycles. The summed E-state index contributed by atoms with van der Waals surface area (Å²) in [5.74, 6) is 0. The van der Waals surface area contributed by atoms with Crippen LogP contribution in [0.3, 0.4) is 0 Å². The molecule has 3 rings (SSSR count). The molecule has 0 aliphatic heterocycles. The molecular formula is C16H15N3O4. The normalized spacial score (nSPS) is 16.0. The lowest BCUT2D eigenvalue weighted by Crippen LogP contribution is -2.23. The molecule has 0 amide bonds. The summed E-state index contributed by atoms with van der Waals surface area (Å²) in [6.45, 7) is 0. The molecule has 23 heavy (non-hydrogen) atoms. The van der Waals surface area contributed by atoms with Gasteiger partial charge in [0.15, 0.2) is 0 Å². The van der Waals surface area contributed by atoms with Crippen LogP contribution in [0.1, 0.15) is 23.6 Å². The highest BCUT2D eigenvalue weighted by molar-refractivity contribution is 5.67. The van der Waals surface area contributed by atoms with Crippen LogP contribution in [0.25, 0.3) is 0 Å². The van der Waals surface area contributed by atoms with Crippen LogP contribution in [0.4, 0.5) is 17.1 Å². The molecule has 0 saturated carbocycles. The minimum absolute atomic E-state index is 0.0337. The highest BCUT2D eigenvalue weighted by Crippen LogP contribution is 2.41. The number of non-ortho nitro benzene ring substituents is 1.